The normalized spacial score (nSPS) is 27.9. The third-order valence-corrected chi connectivity index (χ3v) is 1.57. The van der Waals surface area contributed by atoms with Gasteiger partial charge in [-0.2, -0.15) is 0 Å². The molecule has 1 heterocycles. The Balaban J connectivity index is 2.38. The number of amides is 1. The van der Waals surface area contributed by atoms with Crippen molar-refractivity contribution in [2.24, 2.45) is 11.5 Å². The van der Waals surface area contributed by atoms with Crippen molar-refractivity contribution >= 4 is 5.91 Å². The van der Waals surface area contributed by atoms with E-state index in [0.29, 0.717) is 19.8 Å². The molecule has 0 bridgehead atoms. The minimum Gasteiger partial charge on any atom is -0.376 e. The number of hydrogen-bond acceptors (Lipinski definition) is 4. The van der Waals surface area contributed by atoms with Crippen LogP contribution in [-0.4, -0.2) is 37.9 Å². The summed E-state index contributed by atoms with van der Waals surface area (Å²) in [6.07, 6.45) is -0.374. The summed E-state index contributed by atoms with van der Waals surface area (Å²) in [5.74, 6) is -0.555. The quantitative estimate of drug-likeness (QED) is 0.499. The van der Waals surface area contributed by atoms with Crippen molar-refractivity contribution in [2.45, 2.75) is 12.1 Å². The second-order valence-electron chi connectivity index (χ2n) is 2.41. The largest absolute Gasteiger partial charge is 0.376 e. The number of primary amides is 1. The van der Waals surface area contributed by atoms with Crippen LogP contribution in [0.4, 0.5) is 0 Å². The Morgan fingerprint density at radius 2 is 2.27 bits per heavy atom. The van der Waals surface area contributed by atoms with Crippen LogP contribution < -0.4 is 11.5 Å². The number of ether oxygens (including phenoxy) is 2. The predicted octanol–water partition coefficient (Wildman–Crippen LogP) is -1.79. The van der Waals surface area contributed by atoms with Crippen LogP contribution >= 0.6 is 0 Å². The summed E-state index contributed by atoms with van der Waals surface area (Å²) in [5, 5.41) is 0. The van der Waals surface area contributed by atoms with Gasteiger partial charge in [0.25, 0.3) is 0 Å². The van der Waals surface area contributed by atoms with Gasteiger partial charge in [-0.05, 0) is 0 Å². The number of hydrogen-bond donors (Lipinski definition) is 2. The molecule has 5 heteroatoms. The Bertz CT molecular complexity index is 145. The maximum Gasteiger partial charge on any atom is 0.237 e. The molecule has 1 rings (SSSR count). The minimum atomic E-state index is -0.754. The van der Waals surface area contributed by atoms with Gasteiger partial charge in [-0.3, -0.25) is 4.79 Å². The van der Waals surface area contributed by atoms with E-state index in [-0.39, 0.29) is 6.10 Å². The van der Waals surface area contributed by atoms with Crippen LogP contribution in [0.3, 0.4) is 0 Å². The molecule has 0 saturated carbocycles. The van der Waals surface area contributed by atoms with Crippen molar-refractivity contribution in [1.29, 1.82) is 0 Å². The van der Waals surface area contributed by atoms with Gasteiger partial charge in [0.05, 0.1) is 19.8 Å². The first-order valence-electron chi connectivity index (χ1n) is 3.46. The first-order valence-corrected chi connectivity index (χ1v) is 3.46. The maximum absolute atomic E-state index is 10.6. The zero-order valence-electron chi connectivity index (χ0n) is 6.16. The van der Waals surface area contributed by atoms with E-state index in [1.165, 1.54) is 0 Å². The van der Waals surface area contributed by atoms with Gasteiger partial charge in [-0.15, -0.1) is 0 Å². The van der Waals surface area contributed by atoms with Gasteiger partial charge in [0.2, 0.25) is 5.91 Å². The fourth-order valence-corrected chi connectivity index (χ4v) is 0.897. The Morgan fingerprint density at radius 1 is 1.55 bits per heavy atom. The average Bonchev–Trinajstić information content (AvgIpc) is 2.05. The number of rotatable bonds is 2. The van der Waals surface area contributed by atoms with E-state index < -0.39 is 11.9 Å². The van der Waals surface area contributed by atoms with Crippen LogP contribution in [0.1, 0.15) is 0 Å². The average molecular weight is 160 g/mol. The summed E-state index contributed by atoms with van der Waals surface area (Å²) < 4.78 is 10.2. The molecule has 0 spiro atoms. The van der Waals surface area contributed by atoms with Crippen molar-refractivity contribution in [2.75, 3.05) is 19.8 Å². The lowest BCUT2D eigenvalue weighted by Crippen LogP contribution is -2.51. The first kappa shape index (κ1) is 8.45. The highest BCUT2D eigenvalue weighted by atomic mass is 16.6. The lowest BCUT2D eigenvalue weighted by atomic mass is 10.1. The van der Waals surface area contributed by atoms with Gasteiger partial charge in [0, 0.05) is 0 Å². The lowest BCUT2D eigenvalue weighted by Gasteiger charge is -2.25. The van der Waals surface area contributed by atoms with Crippen LogP contribution in [-0.2, 0) is 14.3 Å². The SMILES string of the molecule is NC(=O)C(N)C1COCCO1. The highest BCUT2D eigenvalue weighted by molar-refractivity contribution is 5.80. The van der Waals surface area contributed by atoms with Gasteiger partial charge >= 0.3 is 0 Å². The van der Waals surface area contributed by atoms with Crippen molar-refractivity contribution < 1.29 is 14.3 Å². The molecule has 2 atom stereocenters. The summed E-state index contributed by atoms with van der Waals surface area (Å²) >= 11 is 0. The zero-order valence-corrected chi connectivity index (χ0v) is 6.16. The Morgan fingerprint density at radius 3 is 2.73 bits per heavy atom. The van der Waals surface area contributed by atoms with E-state index in [1.807, 2.05) is 0 Å². The van der Waals surface area contributed by atoms with Crippen molar-refractivity contribution in [3.05, 3.63) is 0 Å². The molecule has 0 aromatic heterocycles. The smallest absolute Gasteiger partial charge is 0.237 e. The molecule has 0 radical (unpaired) electrons. The van der Waals surface area contributed by atoms with Crippen LogP contribution in [0.15, 0.2) is 0 Å². The lowest BCUT2D eigenvalue weighted by molar-refractivity contribution is -0.132. The third-order valence-electron chi connectivity index (χ3n) is 1.57. The molecule has 5 nitrogen and oxygen atoms in total. The van der Waals surface area contributed by atoms with E-state index in [1.54, 1.807) is 0 Å². The molecule has 64 valence electrons. The molecule has 1 aliphatic heterocycles. The van der Waals surface area contributed by atoms with Crippen LogP contribution in [0.2, 0.25) is 0 Å². The topological polar surface area (TPSA) is 87.6 Å². The molecule has 1 amide bonds. The Hall–Kier alpha value is -0.650. The summed E-state index contributed by atoms with van der Waals surface area (Å²) in [7, 11) is 0. The predicted molar refractivity (Wildman–Crippen MR) is 37.7 cm³/mol. The highest BCUT2D eigenvalue weighted by Crippen LogP contribution is 2.03. The third kappa shape index (κ3) is 2.14. The number of carbonyl (C=O) groups excluding carboxylic acids is 1. The van der Waals surface area contributed by atoms with Crippen LogP contribution in [0.5, 0.6) is 0 Å². The van der Waals surface area contributed by atoms with Gasteiger partial charge in [0.15, 0.2) is 0 Å². The van der Waals surface area contributed by atoms with E-state index in [4.69, 9.17) is 20.9 Å². The summed E-state index contributed by atoms with van der Waals surface area (Å²) in [4.78, 5) is 10.6. The van der Waals surface area contributed by atoms with E-state index in [0.717, 1.165) is 0 Å². The van der Waals surface area contributed by atoms with Crippen molar-refractivity contribution in [3.8, 4) is 0 Å². The van der Waals surface area contributed by atoms with Gasteiger partial charge in [-0.25, -0.2) is 0 Å². The summed E-state index contributed by atoms with van der Waals surface area (Å²) in [6.45, 7) is 1.39. The molecule has 4 N–H and O–H groups in total. The Labute approximate surface area is 64.6 Å². The van der Waals surface area contributed by atoms with E-state index in [9.17, 15) is 4.79 Å². The zero-order chi connectivity index (χ0) is 8.27. The first-order chi connectivity index (χ1) is 5.22. The standard InChI is InChI=1S/C6H12N2O3/c7-5(6(8)9)4-3-10-1-2-11-4/h4-5H,1-3,7H2,(H2,8,9). The highest BCUT2D eigenvalue weighted by Gasteiger charge is 2.25. The molecule has 1 saturated heterocycles. The molecule has 2 unspecified atom stereocenters. The maximum atomic E-state index is 10.6. The molecular weight excluding hydrogens is 148 g/mol. The summed E-state index contributed by atoms with van der Waals surface area (Å²) in [5.41, 5.74) is 10.4. The van der Waals surface area contributed by atoms with Crippen LogP contribution in [0.25, 0.3) is 0 Å². The molecule has 0 aromatic rings. The molecule has 0 aliphatic carbocycles. The van der Waals surface area contributed by atoms with Gasteiger partial charge in [-0.1, -0.05) is 0 Å². The van der Waals surface area contributed by atoms with E-state index >= 15 is 0 Å². The fourth-order valence-electron chi connectivity index (χ4n) is 0.897. The second-order valence-corrected chi connectivity index (χ2v) is 2.41. The molecular formula is C6H12N2O3. The Kier molecular flexibility index (Phi) is 2.81. The molecule has 0 aromatic carbocycles. The van der Waals surface area contributed by atoms with Crippen molar-refractivity contribution in [1.82, 2.24) is 0 Å². The van der Waals surface area contributed by atoms with Gasteiger partial charge < -0.3 is 20.9 Å². The van der Waals surface area contributed by atoms with Crippen LogP contribution in [0, 0.1) is 0 Å². The monoisotopic (exact) mass is 160 g/mol. The molecule has 1 fully saturated rings. The summed E-state index contributed by atoms with van der Waals surface area (Å²) in [6, 6.07) is -0.754. The van der Waals surface area contributed by atoms with Gasteiger partial charge in [0.1, 0.15) is 12.1 Å². The minimum absolute atomic E-state index is 0.351. The number of nitrogens with two attached hydrogens (primary N) is 2. The van der Waals surface area contributed by atoms with E-state index in [2.05, 4.69) is 0 Å². The molecule has 11 heavy (non-hydrogen) atoms. The van der Waals surface area contributed by atoms with Crippen molar-refractivity contribution in [3.63, 3.8) is 0 Å². The fraction of sp³-hybridized carbons (Fsp3) is 0.833. The molecule has 1 aliphatic rings. The second kappa shape index (κ2) is 3.66. The number of carbonyl (C=O) groups is 1.